The van der Waals surface area contributed by atoms with E-state index in [1.807, 2.05) is 0 Å². The molecule has 1 fully saturated rings. The zero-order chi connectivity index (χ0) is 4.41. The van der Waals surface area contributed by atoms with E-state index in [0.29, 0.717) is 5.78 Å². The molecule has 0 aromatic heterocycles. The van der Waals surface area contributed by atoms with Crippen molar-refractivity contribution in [2.45, 2.75) is 25.7 Å². The van der Waals surface area contributed by atoms with Gasteiger partial charge in [-0.1, -0.05) is 0 Å². The first-order valence-corrected chi connectivity index (χ1v) is 2.41. The van der Waals surface area contributed by atoms with E-state index in [1.165, 1.54) is 0 Å². The molecule has 0 aromatic carbocycles. The van der Waals surface area contributed by atoms with Gasteiger partial charge in [0.05, 0.1) is 0 Å². The first-order chi connectivity index (χ1) is 2.89. The molecule has 0 spiro atoms. The maximum atomic E-state index is 10.2. The maximum absolute atomic E-state index is 10.2. The molecule has 1 rings (SSSR count). The molecule has 0 bridgehead atoms. The number of ketones is 1. The summed E-state index contributed by atoms with van der Waals surface area (Å²) in [5.41, 5.74) is 0. The van der Waals surface area contributed by atoms with Gasteiger partial charge in [-0.2, -0.15) is 0 Å². The minimum atomic E-state index is 0. The van der Waals surface area contributed by atoms with E-state index in [-0.39, 0.29) is 52.8 Å². The van der Waals surface area contributed by atoms with Gasteiger partial charge in [0.15, 0.2) is 0 Å². The Morgan fingerprint density at radius 2 is 1.71 bits per heavy atom. The molecule has 1 aliphatic rings. The van der Waals surface area contributed by atoms with Gasteiger partial charge in [0.1, 0.15) is 5.78 Å². The molecule has 0 amide bonds. The summed E-state index contributed by atoms with van der Waals surface area (Å²) >= 11 is 0. The SMILES string of the molecule is O=C1CCCC1.[H-].[K+]. The summed E-state index contributed by atoms with van der Waals surface area (Å²) in [6.45, 7) is 0. The van der Waals surface area contributed by atoms with Crippen molar-refractivity contribution in [1.82, 2.24) is 0 Å². The Labute approximate surface area is 87.8 Å². The van der Waals surface area contributed by atoms with Gasteiger partial charge in [0, 0.05) is 12.8 Å². The largest absolute Gasteiger partial charge is 1.00 e. The Hall–Kier alpha value is 1.31. The van der Waals surface area contributed by atoms with E-state index in [9.17, 15) is 4.79 Å². The third-order valence-electron chi connectivity index (χ3n) is 1.16. The van der Waals surface area contributed by atoms with Crippen molar-refractivity contribution in [3.63, 3.8) is 0 Å². The fraction of sp³-hybridized carbons (Fsp3) is 0.800. The van der Waals surface area contributed by atoms with Crippen LogP contribution in [0, 0.1) is 0 Å². The zero-order valence-corrected chi connectivity index (χ0v) is 7.86. The number of carbonyl (C=O) groups excluding carboxylic acids is 1. The summed E-state index contributed by atoms with van der Waals surface area (Å²) in [7, 11) is 0. The quantitative estimate of drug-likeness (QED) is 0.350. The van der Waals surface area contributed by atoms with Crippen molar-refractivity contribution in [1.29, 1.82) is 0 Å². The smallest absolute Gasteiger partial charge is 1.00 e. The van der Waals surface area contributed by atoms with Crippen LogP contribution in [0.3, 0.4) is 0 Å². The van der Waals surface area contributed by atoms with Gasteiger partial charge in [-0.05, 0) is 12.8 Å². The van der Waals surface area contributed by atoms with Crippen LogP contribution in [0.4, 0.5) is 0 Å². The standard InChI is InChI=1S/C5H8O.K.H/c6-5-3-1-2-4-5;;/h1-4H2;;/q;+1;-1. The normalized spacial score (nSPS) is 19.1. The summed E-state index contributed by atoms with van der Waals surface area (Å²) < 4.78 is 0. The summed E-state index contributed by atoms with van der Waals surface area (Å²) in [5.74, 6) is 0.454. The first kappa shape index (κ1) is 8.31. The summed E-state index contributed by atoms with van der Waals surface area (Å²) in [6, 6.07) is 0. The molecule has 0 heterocycles. The molecule has 0 unspecified atom stereocenters. The summed E-state index contributed by atoms with van der Waals surface area (Å²) in [6.07, 6.45) is 3.97. The molecule has 2 heteroatoms. The van der Waals surface area contributed by atoms with Crippen LogP contribution in [0.25, 0.3) is 0 Å². The van der Waals surface area contributed by atoms with Crippen LogP contribution >= 0.6 is 0 Å². The van der Waals surface area contributed by atoms with E-state index in [2.05, 4.69) is 0 Å². The minimum Gasteiger partial charge on any atom is -1.00 e. The van der Waals surface area contributed by atoms with Crippen LogP contribution in [0.2, 0.25) is 0 Å². The summed E-state index contributed by atoms with van der Waals surface area (Å²) in [4.78, 5) is 10.2. The monoisotopic (exact) mass is 124 g/mol. The average Bonchev–Trinajstić information content (AvgIpc) is 1.86. The molecule has 0 atom stereocenters. The molecular weight excluding hydrogens is 115 g/mol. The van der Waals surface area contributed by atoms with Gasteiger partial charge in [-0.25, -0.2) is 0 Å². The van der Waals surface area contributed by atoms with Gasteiger partial charge in [0.25, 0.3) is 0 Å². The Morgan fingerprint density at radius 3 is 1.86 bits per heavy atom. The molecule has 36 valence electrons. The van der Waals surface area contributed by atoms with E-state index < -0.39 is 0 Å². The number of Topliss-reactive ketones (excluding diaryl/α,β-unsaturated/α-hetero) is 1. The van der Waals surface area contributed by atoms with Crippen LogP contribution in [0.15, 0.2) is 0 Å². The Kier molecular flexibility index (Phi) is 5.00. The predicted molar refractivity (Wildman–Crippen MR) is 24.6 cm³/mol. The molecular formula is C5H9KO. The molecule has 1 nitrogen and oxygen atoms in total. The fourth-order valence-corrected chi connectivity index (χ4v) is 0.769. The Morgan fingerprint density at radius 1 is 1.29 bits per heavy atom. The third-order valence-corrected chi connectivity index (χ3v) is 1.16. The molecule has 0 radical (unpaired) electrons. The second kappa shape index (κ2) is 4.21. The molecule has 1 saturated carbocycles. The van der Waals surface area contributed by atoms with Crippen LogP contribution in [-0.4, -0.2) is 5.78 Å². The fourth-order valence-electron chi connectivity index (χ4n) is 0.769. The molecule has 1 aliphatic carbocycles. The van der Waals surface area contributed by atoms with Gasteiger partial charge >= 0.3 is 51.4 Å². The van der Waals surface area contributed by atoms with Crippen LogP contribution in [0.5, 0.6) is 0 Å². The van der Waals surface area contributed by atoms with Gasteiger partial charge < -0.3 is 1.43 Å². The molecule has 0 aliphatic heterocycles. The number of hydrogen-bond donors (Lipinski definition) is 0. The Bertz CT molecular complexity index is 66.8. The minimum absolute atomic E-state index is 0. The van der Waals surface area contributed by atoms with Crippen molar-refractivity contribution in [3.8, 4) is 0 Å². The summed E-state index contributed by atoms with van der Waals surface area (Å²) in [5, 5.41) is 0. The molecule has 0 aromatic rings. The Balaban J connectivity index is 0. The van der Waals surface area contributed by atoms with Crippen molar-refractivity contribution in [2.75, 3.05) is 0 Å². The topological polar surface area (TPSA) is 17.1 Å². The second-order valence-electron chi connectivity index (χ2n) is 1.75. The van der Waals surface area contributed by atoms with Crippen LogP contribution in [-0.2, 0) is 4.79 Å². The van der Waals surface area contributed by atoms with Crippen molar-refractivity contribution in [2.24, 2.45) is 0 Å². The van der Waals surface area contributed by atoms with Crippen molar-refractivity contribution in [3.05, 3.63) is 0 Å². The second-order valence-corrected chi connectivity index (χ2v) is 1.75. The first-order valence-electron chi connectivity index (χ1n) is 2.41. The maximum Gasteiger partial charge on any atom is 1.00 e. The van der Waals surface area contributed by atoms with Gasteiger partial charge in [0.2, 0.25) is 0 Å². The molecule has 0 saturated heterocycles. The van der Waals surface area contributed by atoms with Gasteiger partial charge in [-0.3, -0.25) is 4.79 Å². The average molecular weight is 124 g/mol. The van der Waals surface area contributed by atoms with E-state index >= 15 is 0 Å². The predicted octanol–water partition coefficient (Wildman–Crippen LogP) is -1.75. The van der Waals surface area contributed by atoms with Crippen LogP contribution in [0.1, 0.15) is 27.1 Å². The zero-order valence-electron chi connectivity index (χ0n) is 5.74. The van der Waals surface area contributed by atoms with Crippen LogP contribution < -0.4 is 51.4 Å². The van der Waals surface area contributed by atoms with Crippen molar-refractivity contribution < 1.29 is 57.6 Å². The van der Waals surface area contributed by atoms with E-state index in [4.69, 9.17) is 0 Å². The number of carbonyl (C=O) groups is 1. The molecule has 0 N–H and O–H groups in total. The molecule has 7 heavy (non-hydrogen) atoms. The van der Waals surface area contributed by atoms with E-state index in [0.717, 1.165) is 25.7 Å². The number of hydrogen-bond acceptors (Lipinski definition) is 1. The van der Waals surface area contributed by atoms with Crippen molar-refractivity contribution >= 4 is 5.78 Å². The van der Waals surface area contributed by atoms with E-state index in [1.54, 1.807) is 0 Å². The third kappa shape index (κ3) is 2.98. The van der Waals surface area contributed by atoms with Gasteiger partial charge in [-0.15, -0.1) is 0 Å². The number of rotatable bonds is 0.